The van der Waals surface area contributed by atoms with Gasteiger partial charge < -0.3 is 14.8 Å². The van der Waals surface area contributed by atoms with E-state index in [1.807, 2.05) is 63.2 Å². The first kappa shape index (κ1) is 15.9. The number of carbonyl (C=O) groups is 1. The number of benzene rings is 2. The monoisotopic (exact) mass is 299 g/mol. The third kappa shape index (κ3) is 4.52. The molecule has 0 aliphatic rings. The normalized spacial score (nSPS) is 10.1. The van der Waals surface area contributed by atoms with Gasteiger partial charge in [0.05, 0.1) is 12.3 Å². The molecule has 2 aromatic carbocycles. The fourth-order valence-corrected chi connectivity index (χ4v) is 2.05. The highest BCUT2D eigenvalue weighted by atomic mass is 16.5. The van der Waals surface area contributed by atoms with E-state index in [9.17, 15) is 4.79 Å². The van der Waals surface area contributed by atoms with E-state index < -0.39 is 0 Å². The fourth-order valence-electron chi connectivity index (χ4n) is 2.05. The smallest absolute Gasteiger partial charge is 0.262 e. The van der Waals surface area contributed by atoms with Crippen molar-refractivity contribution in [3.8, 4) is 11.5 Å². The minimum atomic E-state index is -0.216. The van der Waals surface area contributed by atoms with Crippen LogP contribution in [0.25, 0.3) is 0 Å². The number of aryl methyl sites for hydroxylation is 2. The van der Waals surface area contributed by atoms with E-state index in [1.54, 1.807) is 0 Å². The molecule has 0 atom stereocenters. The summed E-state index contributed by atoms with van der Waals surface area (Å²) in [5.41, 5.74) is 2.83. The summed E-state index contributed by atoms with van der Waals surface area (Å²) >= 11 is 0. The minimum Gasteiger partial charge on any atom is -0.492 e. The van der Waals surface area contributed by atoms with Crippen molar-refractivity contribution >= 4 is 11.6 Å². The number of ether oxygens (including phenoxy) is 2. The number of carbonyl (C=O) groups excluding carboxylic acids is 1. The standard InChI is InChI=1S/C18H21NO3/c1-4-21-17-11-14(3)8-9-16(17)19-18(20)12-22-15-7-5-6-13(2)10-15/h5-11H,4,12H2,1-3H3,(H,19,20). The second-order valence-corrected chi connectivity index (χ2v) is 5.09. The van der Waals surface area contributed by atoms with E-state index in [0.29, 0.717) is 23.8 Å². The Hall–Kier alpha value is -2.49. The molecular weight excluding hydrogens is 278 g/mol. The highest BCUT2D eigenvalue weighted by molar-refractivity contribution is 5.93. The summed E-state index contributed by atoms with van der Waals surface area (Å²) in [6.07, 6.45) is 0. The highest BCUT2D eigenvalue weighted by Gasteiger charge is 2.09. The van der Waals surface area contributed by atoms with Crippen molar-refractivity contribution < 1.29 is 14.3 Å². The lowest BCUT2D eigenvalue weighted by Crippen LogP contribution is -2.20. The van der Waals surface area contributed by atoms with Crippen molar-refractivity contribution in [3.63, 3.8) is 0 Å². The van der Waals surface area contributed by atoms with E-state index in [1.165, 1.54) is 0 Å². The van der Waals surface area contributed by atoms with Gasteiger partial charge in [-0.05, 0) is 56.2 Å². The average molecular weight is 299 g/mol. The molecule has 22 heavy (non-hydrogen) atoms. The van der Waals surface area contributed by atoms with Gasteiger partial charge in [0.25, 0.3) is 5.91 Å². The van der Waals surface area contributed by atoms with E-state index >= 15 is 0 Å². The molecule has 116 valence electrons. The minimum absolute atomic E-state index is 0.0388. The van der Waals surface area contributed by atoms with Crippen LogP contribution in [0.5, 0.6) is 11.5 Å². The van der Waals surface area contributed by atoms with Gasteiger partial charge >= 0.3 is 0 Å². The van der Waals surface area contributed by atoms with E-state index in [4.69, 9.17) is 9.47 Å². The van der Waals surface area contributed by atoms with Crippen molar-refractivity contribution in [2.24, 2.45) is 0 Å². The molecule has 0 radical (unpaired) electrons. The SMILES string of the molecule is CCOc1cc(C)ccc1NC(=O)COc1cccc(C)c1. The maximum absolute atomic E-state index is 12.0. The van der Waals surface area contributed by atoms with Crippen molar-refractivity contribution in [1.29, 1.82) is 0 Å². The summed E-state index contributed by atoms with van der Waals surface area (Å²) in [5.74, 6) is 1.14. The highest BCUT2D eigenvalue weighted by Crippen LogP contribution is 2.25. The second kappa shape index (κ2) is 7.50. The van der Waals surface area contributed by atoms with Crippen LogP contribution < -0.4 is 14.8 Å². The van der Waals surface area contributed by atoms with E-state index in [-0.39, 0.29) is 12.5 Å². The van der Waals surface area contributed by atoms with Crippen LogP contribution in [-0.2, 0) is 4.79 Å². The lowest BCUT2D eigenvalue weighted by atomic mass is 10.2. The molecule has 0 saturated carbocycles. The first-order chi connectivity index (χ1) is 10.6. The molecule has 0 bridgehead atoms. The Morgan fingerprint density at radius 1 is 1.05 bits per heavy atom. The van der Waals surface area contributed by atoms with E-state index in [2.05, 4.69) is 5.32 Å². The second-order valence-electron chi connectivity index (χ2n) is 5.09. The summed E-state index contributed by atoms with van der Waals surface area (Å²) in [6.45, 7) is 6.38. The largest absolute Gasteiger partial charge is 0.492 e. The van der Waals surface area contributed by atoms with Gasteiger partial charge in [0.15, 0.2) is 6.61 Å². The molecule has 0 unspecified atom stereocenters. The molecule has 0 aromatic heterocycles. The Bertz CT molecular complexity index is 653. The quantitative estimate of drug-likeness (QED) is 0.884. The van der Waals surface area contributed by atoms with Gasteiger partial charge in [-0.25, -0.2) is 0 Å². The Labute approximate surface area is 131 Å². The Balaban J connectivity index is 1.97. The Kier molecular flexibility index (Phi) is 5.42. The maximum Gasteiger partial charge on any atom is 0.262 e. The Morgan fingerprint density at radius 3 is 2.55 bits per heavy atom. The fraction of sp³-hybridized carbons (Fsp3) is 0.278. The molecule has 0 fully saturated rings. The van der Waals surface area contributed by atoms with Gasteiger partial charge in [-0.1, -0.05) is 18.2 Å². The molecule has 0 spiro atoms. The first-order valence-electron chi connectivity index (χ1n) is 7.31. The van der Waals surface area contributed by atoms with Gasteiger partial charge in [0.1, 0.15) is 11.5 Å². The third-order valence-corrected chi connectivity index (χ3v) is 3.07. The zero-order valence-corrected chi connectivity index (χ0v) is 13.2. The topological polar surface area (TPSA) is 47.6 Å². The number of anilines is 1. The predicted octanol–water partition coefficient (Wildman–Crippen LogP) is 3.72. The number of hydrogen-bond donors (Lipinski definition) is 1. The molecule has 4 heteroatoms. The van der Waals surface area contributed by atoms with Gasteiger partial charge in [-0.2, -0.15) is 0 Å². The van der Waals surface area contributed by atoms with Crippen molar-refractivity contribution in [3.05, 3.63) is 53.6 Å². The summed E-state index contributed by atoms with van der Waals surface area (Å²) in [5, 5.41) is 2.82. The van der Waals surface area contributed by atoms with Crippen LogP contribution in [0.15, 0.2) is 42.5 Å². The van der Waals surface area contributed by atoms with Crippen LogP contribution in [0, 0.1) is 13.8 Å². The molecule has 0 aliphatic carbocycles. The lowest BCUT2D eigenvalue weighted by Gasteiger charge is -2.13. The molecule has 0 aliphatic heterocycles. The molecular formula is C18H21NO3. The van der Waals surface area contributed by atoms with Crippen molar-refractivity contribution in [2.75, 3.05) is 18.5 Å². The van der Waals surface area contributed by atoms with Gasteiger partial charge in [0.2, 0.25) is 0 Å². The zero-order valence-electron chi connectivity index (χ0n) is 13.2. The molecule has 0 heterocycles. The summed E-state index contributed by atoms with van der Waals surface area (Å²) < 4.78 is 11.0. The van der Waals surface area contributed by atoms with Crippen LogP contribution in [0.4, 0.5) is 5.69 Å². The number of hydrogen-bond acceptors (Lipinski definition) is 3. The van der Waals surface area contributed by atoms with Gasteiger partial charge in [0, 0.05) is 0 Å². The lowest BCUT2D eigenvalue weighted by molar-refractivity contribution is -0.118. The van der Waals surface area contributed by atoms with Crippen molar-refractivity contribution in [1.82, 2.24) is 0 Å². The third-order valence-electron chi connectivity index (χ3n) is 3.07. The molecule has 2 rings (SSSR count). The summed E-state index contributed by atoms with van der Waals surface area (Å²) in [7, 11) is 0. The van der Waals surface area contributed by atoms with Crippen LogP contribution >= 0.6 is 0 Å². The van der Waals surface area contributed by atoms with Gasteiger partial charge in [-0.3, -0.25) is 4.79 Å². The zero-order chi connectivity index (χ0) is 15.9. The maximum atomic E-state index is 12.0. The Morgan fingerprint density at radius 2 is 1.82 bits per heavy atom. The molecule has 1 amide bonds. The summed E-state index contributed by atoms with van der Waals surface area (Å²) in [6, 6.07) is 13.3. The number of rotatable bonds is 6. The molecule has 0 saturated heterocycles. The molecule has 4 nitrogen and oxygen atoms in total. The van der Waals surface area contributed by atoms with Crippen LogP contribution in [-0.4, -0.2) is 19.1 Å². The molecule has 2 aromatic rings. The van der Waals surface area contributed by atoms with Crippen LogP contribution in [0.3, 0.4) is 0 Å². The average Bonchev–Trinajstić information content (AvgIpc) is 2.48. The van der Waals surface area contributed by atoms with Gasteiger partial charge in [-0.15, -0.1) is 0 Å². The summed E-state index contributed by atoms with van der Waals surface area (Å²) in [4.78, 5) is 12.0. The van der Waals surface area contributed by atoms with E-state index in [0.717, 1.165) is 11.1 Å². The molecule has 1 N–H and O–H groups in total. The first-order valence-corrected chi connectivity index (χ1v) is 7.31. The van der Waals surface area contributed by atoms with Crippen LogP contribution in [0.1, 0.15) is 18.1 Å². The van der Waals surface area contributed by atoms with Crippen molar-refractivity contribution in [2.45, 2.75) is 20.8 Å². The predicted molar refractivity (Wildman–Crippen MR) is 87.7 cm³/mol. The number of nitrogens with one attached hydrogen (secondary N) is 1. The van der Waals surface area contributed by atoms with Crippen LogP contribution in [0.2, 0.25) is 0 Å². The number of amides is 1.